The molecule has 1 rings (SSSR count). The summed E-state index contributed by atoms with van der Waals surface area (Å²) in [6, 6.07) is -1.15. The summed E-state index contributed by atoms with van der Waals surface area (Å²) in [4.78, 5) is 23.5. The third-order valence-corrected chi connectivity index (χ3v) is 13.2. The van der Waals surface area contributed by atoms with Gasteiger partial charge in [0.2, 0.25) is 5.91 Å². The van der Waals surface area contributed by atoms with Gasteiger partial charge < -0.3 is 46.0 Å². The molecule has 8 unspecified atom stereocenters. The van der Waals surface area contributed by atoms with E-state index in [2.05, 4.69) is 19.2 Å². The van der Waals surface area contributed by atoms with Gasteiger partial charge in [0.05, 0.1) is 31.3 Å². The molecule has 0 aromatic carbocycles. The number of carbonyl (C=O) groups is 1. The van der Waals surface area contributed by atoms with Crippen molar-refractivity contribution >= 4 is 13.7 Å². The molecule has 1 fully saturated rings. The Bertz CT molecular complexity index is 1040. The first-order valence-corrected chi connectivity index (χ1v) is 26.1. The molecule has 1 aliphatic rings. The lowest BCUT2D eigenvalue weighted by Crippen LogP contribution is -2.64. The minimum absolute atomic E-state index is 0.216. The predicted molar refractivity (Wildman–Crippen MR) is 238 cm³/mol. The first-order valence-electron chi connectivity index (χ1n) is 24.6. The highest BCUT2D eigenvalue weighted by molar-refractivity contribution is 7.47. The molecule has 9 N–H and O–H groups in total. The van der Waals surface area contributed by atoms with Crippen LogP contribution in [0.25, 0.3) is 0 Å². The second-order valence-corrected chi connectivity index (χ2v) is 19.3. The third kappa shape index (κ3) is 28.2. The van der Waals surface area contributed by atoms with Gasteiger partial charge in [-0.25, -0.2) is 4.57 Å². The van der Waals surface area contributed by atoms with Gasteiger partial charge in [0.25, 0.3) is 0 Å². The van der Waals surface area contributed by atoms with Crippen LogP contribution in [0.15, 0.2) is 0 Å². The second-order valence-electron chi connectivity index (χ2n) is 17.9. The van der Waals surface area contributed by atoms with Crippen molar-refractivity contribution in [2.75, 3.05) is 6.61 Å². The molecule has 0 spiro atoms. The van der Waals surface area contributed by atoms with Gasteiger partial charge in [-0.15, -0.1) is 0 Å². The van der Waals surface area contributed by atoms with E-state index in [4.69, 9.17) is 9.05 Å². The Morgan fingerprint density at radius 3 is 1.20 bits per heavy atom. The molecule has 0 radical (unpaired) electrons. The quantitative estimate of drug-likeness (QED) is 0.0208. The van der Waals surface area contributed by atoms with Crippen LogP contribution in [-0.4, -0.2) is 108 Å². The van der Waals surface area contributed by atoms with Crippen LogP contribution in [0.1, 0.15) is 226 Å². The van der Waals surface area contributed by atoms with E-state index in [0.29, 0.717) is 12.8 Å². The van der Waals surface area contributed by atoms with Crippen molar-refractivity contribution in [2.24, 2.45) is 0 Å². The maximum Gasteiger partial charge on any atom is 0.472 e. The molecule has 1 aliphatic carbocycles. The Morgan fingerprint density at radius 2 is 0.833 bits per heavy atom. The highest BCUT2D eigenvalue weighted by Crippen LogP contribution is 2.47. The topological polar surface area (TPSA) is 226 Å². The zero-order chi connectivity index (χ0) is 44.4. The summed E-state index contributed by atoms with van der Waals surface area (Å²) in [7, 11) is -5.11. The van der Waals surface area contributed by atoms with Gasteiger partial charge >= 0.3 is 7.82 Å². The lowest BCUT2D eigenvalue weighted by atomic mass is 9.85. The molecular weight excluding hydrogens is 789 g/mol. The van der Waals surface area contributed by atoms with Crippen molar-refractivity contribution in [2.45, 2.75) is 281 Å². The van der Waals surface area contributed by atoms with Crippen molar-refractivity contribution in [1.82, 2.24) is 5.32 Å². The van der Waals surface area contributed by atoms with Crippen molar-refractivity contribution in [1.29, 1.82) is 0 Å². The summed E-state index contributed by atoms with van der Waals surface area (Å²) in [5, 5.41) is 74.7. The van der Waals surface area contributed by atoms with Crippen LogP contribution in [0.5, 0.6) is 0 Å². The summed E-state index contributed by atoms with van der Waals surface area (Å²) in [6.45, 7) is 3.80. The smallest absolute Gasteiger partial charge is 0.393 e. The first kappa shape index (κ1) is 57.3. The summed E-state index contributed by atoms with van der Waals surface area (Å²) in [5.41, 5.74) is 0. The zero-order valence-electron chi connectivity index (χ0n) is 37.9. The van der Waals surface area contributed by atoms with Gasteiger partial charge in [0.15, 0.2) is 0 Å². The van der Waals surface area contributed by atoms with E-state index in [-0.39, 0.29) is 12.8 Å². The van der Waals surface area contributed by atoms with Crippen molar-refractivity contribution in [3.05, 3.63) is 0 Å². The van der Waals surface area contributed by atoms with Gasteiger partial charge in [0.1, 0.15) is 36.6 Å². The maximum absolute atomic E-state index is 13.0. The van der Waals surface area contributed by atoms with Crippen molar-refractivity contribution in [3.63, 3.8) is 0 Å². The molecule has 358 valence electrons. The minimum Gasteiger partial charge on any atom is -0.393 e. The maximum atomic E-state index is 13.0. The van der Waals surface area contributed by atoms with Crippen LogP contribution in [0.3, 0.4) is 0 Å². The molecular formula is C46H92NO12P. The van der Waals surface area contributed by atoms with Crippen LogP contribution in [0.2, 0.25) is 0 Å². The highest BCUT2D eigenvalue weighted by atomic mass is 31.2. The molecule has 1 saturated carbocycles. The van der Waals surface area contributed by atoms with Crippen LogP contribution in [0, 0.1) is 0 Å². The average Bonchev–Trinajstić information content (AvgIpc) is 3.22. The second kappa shape index (κ2) is 36.6. The van der Waals surface area contributed by atoms with Gasteiger partial charge in [-0.3, -0.25) is 13.8 Å². The van der Waals surface area contributed by atoms with E-state index >= 15 is 0 Å². The third-order valence-electron chi connectivity index (χ3n) is 12.2. The Morgan fingerprint density at radius 1 is 0.517 bits per heavy atom. The number of hydrogen-bond acceptors (Lipinski definition) is 11. The minimum atomic E-state index is -5.11. The number of aliphatic hydroxyl groups is 7. The largest absolute Gasteiger partial charge is 0.472 e. The Hall–Kier alpha value is -0.700. The van der Waals surface area contributed by atoms with Gasteiger partial charge in [0, 0.05) is 0 Å². The molecule has 0 aromatic rings. The van der Waals surface area contributed by atoms with E-state index < -0.39 is 75.2 Å². The fraction of sp³-hybridized carbons (Fsp3) is 0.978. The summed E-state index contributed by atoms with van der Waals surface area (Å²) in [5.74, 6) is -0.557. The number of phosphoric ester groups is 1. The fourth-order valence-electron chi connectivity index (χ4n) is 8.19. The van der Waals surface area contributed by atoms with Crippen LogP contribution in [0.4, 0.5) is 0 Å². The number of carbonyl (C=O) groups excluding carboxylic acids is 1. The SMILES string of the molecule is CCCCCCCCCCCCCCCCCCCCC(O)C(COP(=O)(O)OC1C(O)C(O)C(O)C(O)C1O)NC(=O)CC(O)CCCCCCCCCCCCCC. The molecule has 0 aliphatic heterocycles. The van der Waals surface area contributed by atoms with Crippen LogP contribution < -0.4 is 5.32 Å². The number of phosphoric acid groups is 1. The fourth-order valence-corrected chi connectivity index (χ4v) is 9.16. The Kier molecular flexibility index (Phi) is 35.0. The molecule has 60 heavy (non-hydrogen) atoms. The molecule has 0 saturated heterocycles. The average molecular weight is 882 g/mol. The van der Waals surface area contributed by atoms with E-state index in [0.717, 1.165) is 51.4 Å². The molecule has 13 nitrogen and oxygen atoms in total. The lowest BCUT2D eigenvalue weighted by Gasteiger charge is -2.41. The Labute approximate surface area is 364 Å². The zero-order valence-corrected chi connectivity index (χ0v) is 38.8. The first-order chi connectivity index (χ1) is 28.8. The van der Waals surface area contributed by atoms with E-state index in [1.54, 1.807) is 0 Å². The predicted octanol–water partition coefficient (Wildman–Crippen LogP) is 8.43. The highest BCUT2D eigenvalue weighted by Gasteiger charge is 2.51. The Balaban J connectivity index is 2.48. The summed E-state index contributed by atoms with van der Waals surface area (Å²) < 4.78 is 22.9. The van der Waals surface area contributed by atoms with Gasteiger partial charge in [-0.05, 0) is 12.8 Å². The van der Waals surface area contributed by atoms with E-state index in [9.17, 15) is 50.0 Å². The van der Waals surface area contributed by atoms with E-state index in [1.165, 1.54) is 135 Å². The van der Waals surface area contributed by atoms with Crippen LogP contribution >= 0.6 is 7.82 Å². The monoisotopic (exact) mass is 882 g/mol. The molecule has 14 heteroatoms. The number of nitrogens with one attached hydrogen (secondary N) is 1. The van der Waals surface area contributed by atoms with Crippen molar-refractivity contribution in [3.8, 4) is 0 Å². The normalized spacial score (nSPS) is 23.3. The van der Waals surface area contributed by atoms with Gasteiger partial charge in [-0.2, -0.15) is 0 Å². The number of aliphatic hydroxyl groups excluding tert-OH is 7. The molecule has 0 bridgehead atoms. The van der Waals surface area contributed by atoms with Crippen molar-refractivity contribution < 1.29 is 59.0 Å². The number of amides is 1. The number of unbranched alkanes of at least 4 members (excludes halogenated alkanes) is 28. The molecule has 0 heterocycles. The van der Waals surface area contributed by atoms with E-state index in [1.807, 2.05) is 0 Å². The lowest BCUT2D eigenvalue weighted by molar-refractivity contribution is -0.220. The molecule has 0 aromatic heterocycles. The summed E-state index contributed by atoms with van der Waals surface area (Å²) >= 11 is 0. The molecule has 8 atom stereocenters. The number of rotatable bonds is 41. The molecule has 1 amide bonds. The van der Waals surface area contributed by atoms with Gasteiger partial charge in [-0.1, -0.05) is 206 Å². The number of hydrogen-bond donors (Lipinski definition) is 9. The van der Waals surface area contributed by atoms with Crippen LogP contribution in [-0.2, 0) is 18.4 Å². The standard InChI is InChI=1S/C46H92NO12P/c1-3-5-7-9-11-13-15-17-18-19-20-21-22-24-26-28-30-32-34-39(49)38(36-58-60(56,57)59-46-44(54)42(52)41(51)43(53)45(46)55)47-40(50)35-37(48)33-31-29-27-25-23-16-14-12-10-8-6-4-2/h37-39,41-46,48-49,51-55H,3-36H2,1-2H3,(H,47,50)(H,56,57). The summed E-state index contributed by atoms with van der Waals surface area (Å²) in [6.07, 6.45) is 22.9.